The Morgan fingerprint density at radius 1 is 1.23 bits per heavy atom. The van der Waals surface area contributed by atoms with Gasteiger partial charge in [0.2, 0.25) is 0 Å². The number of urea groups is 1. The zero-order valence-electron chi connectivity index (χ0n) is 14.5. The first-order valence-electron chi connectivity index (χ1n) is 9.12. The van der Waals surface area contributed by atoms with Crippen molar-refractivity contribution in [1.29, 1.82) is 0 Å². The first-order chi connectivity index (χ1) is 12.6. The Morgan fingerprint density at radius 2 is 2.08 bits per heavy atom. The van der Waals surface area contributed by atoms with Gasteiger partial charge in [0.15, 0.2) is 11.6 Å². The van der Waals surface area contributed by atoms with E-state index in [0.717, 1.165) is 43.3 Å². The van der Waals surface area contributed by atoms with Crippen molar-refractivity contribution in [3.8, 4) is 0 Å². The van der Waals surface area contributed by atoms with Gasteiger partial charge < -0.3 is 14.8 Å². The van der Waals surface area contributed by atoms with Gasteiger partial charge in [-0.3, -0.25) is 0 Å². The van der Waals surface area contributed by atoms with Gasteiger partial charge >= 0.3 is 6.03 Å². The maximum atomic E-state index is 13.3. The van der Waals surface area contributed by atoms with E-state index in [1.165, 1.54) is 18.9 Å². The number of likely N-dealkylation sites (tertiary alicyclic amines) is 1. The number of benzene rings is 1. The van der Waals surface area contributed by atoms with E-state index < -0.39 is 11.6 Å². The minimum absolute atomic E-state index is 0.202. The number of amides is 2. The van der Waals surface area contributed by atoms with E-state index in [-0.39, 0.29) is 17.6 Å². The molecule has 2 aliphatic rings. The lowest BCUT2D eigenvalue weighted by atomic mass is 9.97. The molecule has 2 fully saturated rings. The number of carbonyl (C=O) groups is 1. The van der Waals surface area contributed by atoms with Crippen molar-refractivity contribution in [2.24, 2.45) is 5.92 Å². The third-order valence-corrected chi connectivity index (χ3v) is 5.14. The fourth-order valence-corrected chi connectivity index (χ4v) is 3.56. The number of aromatic nitrogens is 2. The minimum Gasteiger partial charge on any atom is -0.334 e. The largest absolute Gasteiger partial charge is 0.334 e. The molecule has 2 heterocycles. The number of imidazole rings is 1. The van der Waals surface area contributed by atoms with Gasteiger partial charge in [-0.15, -0.1) is 0 Å². The first-order valence-corrected chi connectivity index (χ1v) is 9.12. The molecule has 5 nitrogen and oxygen atoms in total. The van der Waals surface area contributed by atoms with Crippen LogP contribution in [0.3, 0.4) is 0 Å². The van der Waals surface area contributed by atoms with Crippen molar-refractivity contribution < 1.29 is 13.6 Å². The second-order valence-electron chi connectivity index (χ2n) is 7.23. The van der Waals surface area contributed by atoms with Crippen molar-refractivity contribution in [1.82, 2.24) is 14.5 Å². The number of nitrogens with one attached hydrogen (secondary N) is 1. The van der Waals surface area contributed by atoms with Gasteiger partial charge in [0, 0.05) is 49.7 Å². The average Bonchev–Trinajstić information content (AvgIpc) is 3.33. The maximum Gasteiger partial charge on any atom is 0.321 e. The van der Waals surface area contributed by atoms with Crippen LogP contribution in [0.5, 0.6) is 0 Å². The summed E-state index contributed by atoms with van der Waals surface area (Å²) in [6.07, 6.45) is 8.31. The van der Waals surface area contributed by atoms with Gasteiger partial charge in [-0.2, -0.15) is 0 Å². The summed E-state index contributed by atoms with van der Waals surface area (Å²) < 4.78 is 28.6. The van der Waals surface area contributed by atoms with E-state index >= 15 is 0 Å². The van der Waals surface area contributed by atoms with Gasteiger partial charge in [0.05, 0.1) is 0 Å². The van der Waals surface area contributed by atoms with E-state index in [2.05, 4.69) is 14.9 Å². The monoisotopic (exact) mass is 360 g/mol. The molecule has 1 atom stereocenters. The van der Waals surface area contributed by atoms with Crippen molar-refractivity contribution in [3.05, 3.63) is 48.1 Å². The maximum absolute atomic E-state index is 13.3. The number of anilines is 1. The molecule has 138 valence electrons. The second-order valence-corrected chi connectivity index (χ2v) is 7.23. The van der Waals surface area contributed by atoms with Crippen LogP contribution in [-0.4, -0.2) is 33.6 Å². The molecular formula is C19H22F2N4O. The Kier molecular flexibility index (Phi) is 4.61. The predicted octanol–water partition coefficient (Wildman–Crippen LogP) is 3.98. The van der Waals surface area contributed by atoms with E-state index in [4.69, 9.17) is 0 Å². The molecule has 1 aliphatic heterocycles. The number of rotatable bonds is 4. The number of carbonyl (C=O) groups excluding carboxylic acids is 1. The zero-order valence-corrected chi connectivity index (χ0v) is 14.5. The molecule has 1 N–H and O–H groups in total. The lowest BCUT2D eigenvalue weighted by molar-refractivity contribution is 0.190. The summed E-state index contributed by atoms with van der Waals surface area (Å²) in [4.78, 5) is 18.8. The van der Waals surface area contributed by atoms with Crippen LogP contribution in [0.1, 0.15) is 37.4 Å². The van der Waals surface area contributed by atoms with Gasteiger partial charge in [-0.25, -0.2) is 18.6 Å². The summed E-state index contributed by atoms with van der Waals surface area (Å²) >= 11 is 0. The standard InChI is InChI=1S/C19H22F2N4O/c20-16-6-5-15(10-17(16)21)23-19(26)25-8-1-2-14(12-25)18-22-7-9-24(18)11-13-3-4-13/h5-7,9-10,13-14H,1-4,8,11-12H2,(H,23,26)/t14-/m1/s1. The van der Waals surface area contributed by atoms with Crippen LogP contribution in [-0.2, 0) is 6.54 Å². The van der Waals surface area contributed by atoms with Crippen molar-refractivity contribution in [2.45, 2.75) is 38.1 Å². The molecule has 2 amide bonds. The summed E-state index contributed by atoms with van der Waals surface area (Å²) in [6.45, 7) is 2.24. The van der Waals surface area contributed by atoms with E-state index in [9.17, 15) is 13.6 Å². The molecular weight excluding hydrogens is 338 g/mol. The fourth-order valence-electron chi connectivity index (χ4n) is 3.56. The van der Waals surface area contributed by atoms with Crippen LogP contribution in [0.25, 0.3) is 0 Å². The molecule has 1 aliphatic carbocycles. The third kappa shape index (κ3) is 3.71. The average molecular weight is 360 g/mol. The summed E-state index contributed by atoms with van der Waals surface area (Å²) in [5.41, 5.74) is 0.256. The molecule has 1 saturated carbocycles. The molecule has 2 aromatic rings. The summed E-state index contributed by atoms with van der Waals surface area (Å²) in [6, 6.07) is 3.08. The van der Waals surface area contributed by atoms with Gasteiger partial charge in [0.25, 0.3) is 0 Å². The predicted molar refractivity (Wildman–Crippen MR) is 93.9 cm³/mol. The molecule has 4 rings (SSSR count). The van der Waals surface area contributed by atoms with Crippen LogP contribution in [0, 0.1) is 17.6 Å². The van der Waals surface area contributed by atoms with E-state index in [0.29, 0.717) is 13.1 Å². The topological polar surface area (TPSA) is 50.2 Å². The smallest absolute Gasteiger partial charge is 0.321 e. The van der Waals surface area contributed by atoms with Crippen LogP contribution < -0.4 is 5.32 Å². The van der Waals surface area contributed by atoms with Crippen molar-refractivity contribution >= 4 is 11.7 Å². The lowest BCUT2D eigenvalue weighted by Crippen LogP contribution is -2.42. The fraction of sp³-hybridized carbons (Fsp3) is 0.474. The van der Waals surface area contributed by atoms with E-state index in [1.807, 2.05) is 12.4 Å². The van der Waals surface area contributed by atoms with Crippen LogP contribution in [0.15, 0.2) is 30.6 Å². The quantitative estimate of drug-likeness (QED) is 0.896. The number of hydrogen-bond acceptors (Lipinski definition) is 2. The van der Waals surface area contributed by atoms with Crippen molar-refractivity contribution in [2.75, 3.05) is 18.4 Å². The highest BCUT2D eigenvalue weighted by Crippen LogP contribution is 2.33. The Bertz CT molecular complexity index is 803. The molecule has 26 heavy (non-hydrogen) atoms. The molecule has 1 aromatic carbocycles. The summed E-state index contributed by atoms with van der Waals surface area (Å²) in [5.74, 6) is 0.111. The SMILES string of the molecule is O=C(Nc1ccc(F)c(F)c1)N1CCC[C@@H](c2nccn2CC2CC2)C1. The van der Waals surface area contributed by atoms with E-state index in [1.54, 1.807) is 4.90 Å². The Morgan fingerprint density at radius 3 is 2.85 bits per heavy atom. The zero-order chi connectivity index (χ0) is 18.1. The molecule has 7 heteroatoms. The molecule has 0 radical (unpaired) electrons. The molecule has 0 unspecified atom stereocenters. The number of halogens is 2. The van der Waals surface area contributed by atoms with Crippen LogP contribution in [0.2, 0.25) is 0 Å². The number of hydrogen-bond donors (Lipinski definition) is 1. The Labute approximate surface area is 151 Å². The third-order valence-electron chi connectivity index (χ3n) is 5.14. The summed E-state index contributed by atoms with van der Waals surface area (Å²) in [5, 5.41) is 2.66. The molecule has 1 saturated heterocycles. The van der Waals surface area contributed by atoms with Gasteiger partial charge in [-0.1, -0.05) is 0 Å². The minimum atomic E-state index is -0.971. The van der Waals surface area contributed by atoms with Gasteiger partial charge in [-0.05, 0) is 43.7 Å². The molecule has 0 spiro atoms. The van der Waals surface area contributed by atoms with Crippen LogP contribution >= 0.6 is 0 Å². The molecule has 0 bridgehead atoms. The number of piperidine rings is 1. The number of nitrogens with zero attached hydrogens (tertiary/aromatic N) is 3. The molecule has 1 aromatic heterocycles. The lowest BCUT2D eigenvalue weighted by Gasteiger charge is -2.32. The highest BCUT2D eigenvalue weighted by Gasteiger charge is 2.29. The Balaban J connectivity index is 1.42. The Hall–Kier alpha value is -2.44. The summed E-state index contributed by atoms with van der Waals surface area (Å²) in [7, 11) is 0. The second kappa shape index (κ2) is 7.05. The van der Waals surface area contributed by atoms with Crippen LogP contribution in [0.4, 0.5) is 19.3 Å². The van der Waals surface area contributed by atoms with Crippen molar-refractivity contribution in [3.63, 3.8) is 0 Å². The van der Waals surface area contributed by atoms with Gasteiger partial charge in [0.1, 0.15) is 5.82 Å². The highest BCUT2D eigenvalue weighted by atomic mass is 19.2. The normalized spacial score (nSPS) is 20.2. The highest BCUT2D eigenvalue weighted by molar-refractivity contribution is 5.89. The first kappa shape index (κ1) is 17.0.